The van der Waals surface area contributed by atoms with Crippen molar-refractivity contribution in [3.8, 4) is 10.6 Å². The topological polar surface area (TPSA) is 57.3 Å². The Labute approximate surface area is 208 Å². The second kappa shape index (κ2) is 10.6. The third-order valence-corrected chi connectivity index (χ3v) is 6.85. The van der Waals surface area contributed by atoms with E-state index in [9.17, 15) is 4.79 Å². The van der Waals surface area contributed by atoms with Gasteiger partial charge in [0.25, 0.3) is 5.91 Å². The minimum Gasteiger partial charge on any atom is -0.321 e. The standard InChI is InChI=1S/C25H23ClN4OS.ClH/c26-19-5-3-4-18(15-19)24(31)28-21-7-2-1-6-20(21)25-29-22-9-8-17(14-23(22)32-25)16-30-12-10-27-11-13-30;/h1-9,14-15,27H,10-13,16H2,(H,28,31);1H. The number of amides is 1. The molecule has 0 unspecified atom stereocenters. The number of hydrogen-bond donors (Lipinski definition) is 2. The fourth-order valence-corrected chi connectivity index (χ4v) is 5.17. The molecule has 5 rings (SSSR count). The Kier molecular flexibility index (Phi) is 7.63. The van der Waals surface area contributed by atoms with Gasteiger partial charge in [0.05, 0.1) is 15.9 Å². The summed E-state index contributed by atoms with van der Waals surface area (Å²) in [7, 11) is 0. The quantitative estimate of drug-likeness (QED) is 0.370. The van der Waals surface area contributed by atoms with Crippen molar-refractivity contribution >= 4 is 57.2 Å². The number of carbonyl (C=O) groups is 1. The summed E-state index contributed by atoms with van der Waals surface area (Å²) in [5, 5.41) is 7.84. The molecule has 3 aromatic carbocycles. The van der Waals surface area contributed by atoms with Crippen LogP contribution in [-0.2, 0) is 6.54 Å². The van der Waals surface area contributed by atoms with Crippen LogP contribution in [0.15, 0.2) is 66.7 Å². The van der Waals surface area contributed by atoms with E-state index in [-0.39, 0.29) is 18.3 Å². The first-order valence-corrected chi connectivity index (χ1v) is 11.8. The Morgan fingerprint density at radius 1 is 1.06 bits per heavy atom. The van der Waals surface area contributed by atoms with Crippen LogP contribution in [0.25, 0.3) is 20.8 Å². The van der Waals surface area contributed by atoms with Crippen LogP contribution in [0.4, 0.5) is 5.69 Å². The average molecular weight is 499 g/mol. The van der Waals surface area contributed by atoms with Crippen molar-refractivity contribution in [1.29, 1.82) is 0 Å². The van der Waals surface area contributed by atoms with Crippen LogP contribution in [0.2, 0.25) is 5.02 Å². The summed E-state index contributed by atoms with van der Waals surface area (Å²) in [6, 6.07) is 21.2. The van der Waals surface area contributed by atoms with Gasteiger partial charge in [-0.15, -0.1) is 23.7 Å². The van der Waals surface area contributed by atoms with E-state index in [1.54, 1.807) is 35.6 Å². The highest BCUT2D eigenvalue weighted by Gasteiger charge is 2.15. The Balaban J connectivity index is 0.00000259. The van der Waals surface area contributed by atoms with Gasteiger partial charge in [-0.05, 0) is 48.0 Å². The number of thiazole rings is 1. The first kappa shape index (κ1) is 23.7. The molecule has 2 N–H and O–H groups in total. The number of fused-ring (bicyclic) bond motifs is 1. The van der Waals surface area contributed by atoms with E-state index >= 15 is 0 Å². The van der Waals surface area contributed by atoms with Gasteiger partial charge in [0.1, 0.15) is 5.01 Å². The van der Waals surface area contributed by atoms with E-state index in [4.69, 9.17) is 16.6 Å². The fraction of sp³-hybridized carbons (Fsp3) is 0.200. The first-order chi connectivity index (χ1) is 15.7. The number of halogens is 2. The van der Waals surface area contributed by atoms with Crippen molar-refractivity contribution in [3.63, 3.8) is 0 Å². The molecule has 0 spiro atoms. The number of benzene rings is 3. The van der Waals surface area contributed by atoms with Crippen molar-refractivity contribution in [2.75, 3.05) is 31.5 Å². The van der Waals surface area contributed by atoms with Crippen LogP contribution in [0.3, 0.4) is 0 Å². The third-order valence-electron chi connectivity index (χ3n) is 5.56. The van der Waals surface area contributed by atoms with Gasteiger partial charge in [-0.3, -0.25) is 9.69 Å². The molecule has 1 aliphatic heterocycles. The predicted octanol–water partition coefficient (Wildman–Crippen LogP) is 5.70. The van der Waals surface area contributed by atoms with E-state index in [0.717, 1.165) is 59.2 Å². The van der Waals surface area contributed by atoms with Crippen molar-refractivity contribution < 1.29 is 4.79 Å². The van der Waals surface area contributed by atoms with Gasteiger partial charge in [0.15, 0.2) is 0 Å². The molecule has 0 atom stereocenters. The molecule has 0 aliphatic carbocycles. The number of piperazine rings is 1. The fourth-order valence-electron chi connectivity index (χ4n) is 3.91. The largest absolute Gasteiger partial charge is 0.321 e. The molecule has 8 heteroatoms. The van der Waals surface area contributed by atoms with Crippen LogP contribution in [0.5, 0.6) is 0 Å². The van der Waals surface area contributed by atoms with E-state index < -0.39 is 0 Å². The van der Waals surface area contributed by atoms with Crippen molar-refractivity contribution in [2.24, 2.45) is 0 Å². The van der Waals surface area contributed by atoms with Gasteiger partial charge in [0.2, 0.25) is 0 Å². The van der Waals surface area contributed by atoms with Gasteiger partial charge in [-0.25, -0.2) is 4.98 Å². The summed E-state index contributed by atoms with van der Waals surface area (Å²) in [5.41, 5.74) is 4.45. The Hall–Kier alpha value is -2.48. The summed E-state index contributed by atoms with van der Waals surface area (Å²) >= 11 is 7.70. The number of aromatic nitrogens is 1. The summed E-state index contributed by atoms with van der Waals surface area (Å²) in [5.74, 6) is -0.195. The lowest BCUT2D eigenvalue weighted by atomic mass is 10.1. The minimum absolute atomic E-state index is 0. The lowest BCUT2D eigenvalue weighted by molar-refractivity contribution is 0.102. The minimum atomic E-state index is -0.195. The van der Waals surface area contributed by atoms with E-state index in [2.05, 4.69) is 33.7 Å². The maximum atomic E-state index is 12.8. The smallest absolute Gasteiger partial charge is 0.255 e. The van der Waals surface area contributed by atoms with Crippen molar-refractivity contribution in [1.82, 2.24) is 15.2 Å². The highest BCUT2D eigenvalue weighted by Crippen LogP contribution is 2.35. The second-order valence-electron chi connectivity index (χ2n) is 7.86. The number of anilines is 1. The first-order valence-electron chi connectivity index (χ1n) is 10.6. The molecule has 5 nitrogen and oxygen atoms in total. The molecule has 0 saturated carbocycles. The molecule has 0 bridgehead atoms. The molecule has 0 radical (unpaired) electrons. The molecule has 1 aromatic heterocycles. The number of hydrogen-bond acceptors (Lipinski definition) is 5. The van der Waals surface area contributed by atoms with Gasteiger partial charge >= 0.3 is 0 Å². The molecule has 170 valence electrons. The molecule has 33 heavy (non-hydrogen) atoms. The van der Waals surface area contributed by atoms with Gasteiger partial charge in [0, 0.05) is 48.9 Å². The molecule has 1 fully saturated rings. The zero-order valence-corrected chi connectivity index (χ0v) is 20.3. The van der Waals surface area contributed by atoms with Crippen LogP contribution in [0.1, 0.15) is 15.9 Å². The molecule has 1 amide bonds. The molecule has 4 aromatic rings. The van der Waals surface area contributed by atoms with Crippen LogP contribution >= 0.6 is 35.3 Å². The highest BCUT2D eigenvalue weighted by molar-refractivity contribution is 7.21. The maximum absolute atomic E-state index is 12.8. The van der Waals surface area contributed by atoms with Gasteiger partial charge in [-0.1, -0.05) is 35.9 Å². The summed E-state index contributed by atoms with van der Waals surface area (Å²) < 4.78 is 1.16. The lowest BCUT2D eigenvalue weighted by Gasteiger charge is -2.27. The predicted molar refractivity (Wildman–Crippen MR) is 140 cm³/mol. The third kappa shape index (κ3) is 5.54. The SMILES string of the molecule is Cl.O=C(Nc1ccccc1-c1nc2ccc(CN3CCNCC3)cc2s1)c1cccc(Cl)c1. The van der Waals surface area contributed by atoms with E-state index in [1.165, 1.54) is 5.56 Å². The molecule has 1 aliphatic rings. The summed E-state index contributed by atoms with van der Waals surface area (Å²) in [4.78, 5) is 20.1. The Morgan fingerprint density at radius 2 is 1.88 bits per heavy atom. The summed E-state index contributed by atoms with van der Waals surface area (Å²) in [6.07, 6.45) is 0. The maximum Gasteiger partial charge on any atom is 0.255 e. The molecular weight excluding hydrogens is 475 g/mol. The summed E-state index contributed by atoms with van der Waals surface area (Å²) in [6.45, 7) is 5.20. The number of rotatable bonds is 5. The average Bonchev–Trinajstić information content (AvgIpc) is 3.23. The number of nitrogens with zero attached hydrogens (tertiary/aromatic N) is 2. The normalized spacial score (nSPS) is 14.1. The van der Waals surface area contributed by atoms with E-state index in [1.807, 2.05) is 24.3 Å². The van der Waals surface area contributed by atoms with Crippen molar-refractivity contribution in [3.05, 3.63) is 82.9 Å². The zero-order chi connectivity index (χ0) is 21.9. The molecule has 2 heterocycles. The monoisotopic (exact) mass is 498 g/mol. The highest BCUT2D eigenvalue weighted by atomic mass is 35.5. The number of carbonyl (C=O) groups excluding carboxylic acids is 1. The lowest BCUT2D eigenvalue weighted by Crippen LogP contribution is -2.42. The number of nitrogens with one attached hydrogen (secondary N) is 2. The zero-order valence-electron chi connectivity index (χ0n) is 17.9. The molecule has 1 saturated heterocycles. The number of para-hydroxylation sites is 1. The second-order valence-corrected chi connectivity index (χ2v) is 9.32. The van der Waals surface area contributed by atoms with Crippen LogP contribution in [-0.4, -0.2) is 42.0 Å². The van der Waals surface area contributed by atoms with Crippen LogP contribution < -0.4 is 10.6 Å². The Bertz CT molecular complexity index is 1270. The van der Waals surface area contributed by atoms with Crippen molar-refractivity contribution in [2.45, 2.75) is 6.54 Å². The van der Waals surface area contributed by atoms with Crippen LogP contribution in [0, 0.1) is 0 Å². The van der Waals surface area contributed by atoms with Gasteiger partial charge in [-0.2, -0.15) is 0 Å². The molecular formula is C25H24Cl2N4OS. The van der Waals surface area contributed by atoms with E-state index in [0.29, 0.717) is 10.6 Å². The van der Waals surface area contributed by atoms with Gasteiger partial charge < -0.3 is 10.6 Å². The Morgan fingerprint density at radius 3 is 2.70 bits per heavy atom.